The number of hydrogen-bond donors (Lipinski definition) is 2. The van der Waals surface area contributed by atoms with E-state index in [1.807, 2.05) is 6.07 Å². The second-order valence-corrected chi connectivity index (χ2v) is 2.91. The van der Waals surface area contributed by atoms with Crippen LogP contribution >= 0.6 is 11.6 Å². The molecule has 0 aromatic heterocycles. The zero-order valence-corrected chi connectivity index (χ0v) is 7.80. The van der Waals surface area contributed by atoms with E-state index in [4.69, 9.17) is 22.6 Å². The second kappa shape index (κ2) is 4.58. The van der Waals surface area contributed by atoms with Crippen molar-refractivity contribution in [2.75, 3.05) is 23.5 Å². The van der Waals surface area contributed by atoms with Gasteiger partial charge in [-0.1, -0.05) is 0 Å². The van der Waals surface area contributed by atoms with Gasteiger partial charge in [0, 0.05) is 12.4 Å². The largest absolute Gasteiger partial charge is 0.397 e. The lowest BCUT2D eigenvalue weighted by Gasteiger charge is -2.07. The monoisotopic (exact) mass is 195 g/mol. The molecule has 13 heavy (non-hydrogen) atoms. The van der Waals surface area contributed by atoms with E-state index in [0.717, 1.165) is 5.69 Å². The number of anilines is 2. The van der Waals surface area contributed by atoms with Crippen LogP contribution in [0.5, 0.6) is 0 Å². The predicted molar refractivity (Wildman–Crippen MR) is 54.8 cm³/mol. The predicted octanol–water partition coefficient (Wildman–Crippen LogP) is 1.79. The molecular weight excluding hydrogens is 186 g/mol. The van der Waals surface area contributed by atoms with Crippen molar-refractivity contribution in [3.63, 3.8) is 0 Å². The highest BCUT2D eigenvalue weighted by Crippen LogP contribution is 2.19. The number of nitriles is 1. The summed E-state index contributed by atoms with van der Waals surface area (Å²) in [6.07, 6.45) is 0. The molecule has 0 aliphatic carbocycles. The standard InChI is InChI=1S/C9H10ClN3/c10-3-4-13-9-5-7(6-11)1-2-8(9)12/h1-2,5,13H,3-4,12H2. The minimum atomic E-state index is 0.510. The SMILES string of the molecule is N#Cc1ccc(N)c(NCCCl)c1. The van der Waals surface area contributed by atoms with Crippen LogP contribution < -0.4 is 11.1 Å². The van der Waals surface area contributed by atoms with E-state index in [1.54, 1.807) is 18.2 Å². The molecule has 0 fully saturated rings. The summed E-state index contributed by atoms with van der Waals surface area (Å²) in [6.45, 7) is 0.640. The van der Waals surface area contributed by atoms with Crippen LogP contribution in [0, 0.1) is 11.3 Å². The van der Waals surface area contributed by atoms with Crippen molar-refractivity contribution >= 4 is 23.0 Å². The molecule has 0 amide bonds. The smallest absolute Gasteiger partial charge is 0.0992 e. The van der Waals surface area contributed by atoms with E-state index in [0.29, 0.717) is 23.7 Å². The fraction of sp³-hybridized carbons (Fsp3) is 0.222. The van der Waals surface area contributed by atoms with Crippen LogP contribution in [0.25, 0.3) is 0 Å². The third-order valence-electron chi connectivity index (χ3n) is 1.59. The molecule has 1 aromatic rings. The summed E-state index contributed by atoms with van der Waals surface area (Å²) in [5.74, 6) is 0.510. The third-order valence-corrected chi connectivity index (χ3v) is 1.78. The Morgan fingerprint density at radius 1 is 1.54 bits per heavy atom. The first-order valence-corrected chi connectivity index (χ1v) is 4.41. The summed E-state index contributed by atoms with van der Waals surface area (Å²) < 4.78 is 0. The molecule has 0 radical (unpaired) electrons. The van der Waals surface area contributed by atoms with Gasteiger partial charge in [-0.05, 0) is 18.2 Å². The molecule has 0 spiro atoms. The van der Waals surface area contributed by atoms with Crippen LogP contribution in [-0.2, 0) is 0 Å². The lowest BCUT2D eigenvalue weighted by molar-refractivity contribution is 1.22. The Morgan fingerprint density at radius 2 is 2.31 bits per heavy atom. The molecule has 1 rings (SSSR count). The van der Waals surface area contributed by atoms with Gasteiger partial charge in [-0.15, -0.1) is 11.6 Å². The summed E-state index contributed by atoms with van der Waals surface area (Å²) in [4.78, 5) is 0. The van der Waals surface area contributed by atoms with Gasteiger partial charge in [-0.3, -0.25) is 0 Å². The Morgan fingerprint density at radius 3 is 2.92 bits per heavy atom. The molecule has 1 aromatic carbocycles. The molecule has 3 N–H and O–H groups in total. The minimum Gasteiger partial charge on any atom is -0.397 e. The van der Waals surface area contributed by atoms with E-state index in [-0.39, 0.29) is 0 Å². The number of halogens is 1. The van der Waals surface area contributed by atoms with Gasteiger partial charge in [0.2, 0.25) is 0 Å². The molecule has 0 atom stereocenters. The van der Waals surface area contributed by atoms with Crippen molar-refractivity contribution in [3.05, 3.63) is 23.8 Å². The Kier molecular flexibility index (Phi) is 3.41. The van der Waals surface area contributed by atoms with E-state index in [9.17, 15) is 0 Å². The second-order valence-electron chi connectivity index (χ2n) is 2.53. The molecule has 0 unspecified atom stereocenters. The highest BCUT2D eigenvalue weighted by Gasteiger charge is 1.99. The fourth-order valence-corrected chi connectivity index (χ4v) is 1.06. The Bertz CT molecular complexity index is 330. The van der Waals surface area contributed by atoms with Crippen LogP contribution in [-0.4, -0.2) is 12.4 Å². The summed E-state index contributed by atoms with van der Waals surface area (Å²) in [5, 5.41) is 11.7. The number of nitrogens with zero attached hydrogens (tertiary/aromatic N) is 1. The Balaban J connectivity index is 2.85. The lowest BCUT2D eigenvalue weighted by atomic mass is 10.2. The maximum Gasteiger partial charge on any atom is 0.0992 e. The average molecular weight is 196 g/mol. The lowest BCUT2D eigenvalue weighted by Crippen LogP contribution is -2.05. The molecule has 4 heteroatoms. The van der Waals surface area contributed by atoms with Crippen molar-refractivity contribution in [3.8, 4) is 6.07 Å². The number of alkyl halides is 1. The van der Waals surface area contributed by atoms with Gasteiger partial charge in [0.1, 0.15) is 0 Å². The molecular formula is C9H10ClN3. The molecule has 3 nitrogen and oxygen atoms in total. The molecule has 0 aliphatic heterocycles. The Hall–Kier alpha value is -1.40. The van der Waals surface area contributed by atoms with E-state index in [1.165, 1.54) is 0 Å². The quantitative estimate of drug-likeness (QED) is 0.571. The summed E-state index contributed by atoms with van der Waals surface area (Å²) in [6, 6.07) is 7.14. The topological polar surface area (TPSA) is 61.8 Å². The average Bonchev–Trinajstić information content (AvgIpc) is 2.17. The maximum absolute atomic E-state index is 8.63. The number of nitrogens with one attached hydrogen (secondary N) is 1. The van der Waals surface area contributed by atoms with Crippen LogP contribution in [0.4, 0.5) is 11.4 Å². The first-order chi connectivity index (χ1) is 6.27. The normalized spacial score (nSPS) is 9.23. The number of rotatable bonds is 3. The molecule has 0 aliphatic rings. The first-order valence-electron chi connectivity index (χ1n) is 3.87. The highest BCUT2D eigenvalue weighted by molar-refractivity contribution is 6.18. The molecule has 68 valence electrons. The van der Waals surface area contributed by atoms with Gasteiger partial charge in [0.25, 0.3) is 0 Å². The number of hydrogen-bond acceptors (Lipinski definition) is 3. The Labute approximate surface area is 82.1 Å². The maximum atomic E-state index is 8.63. The first kappa shape index (κ1) is 9.69. The van der Waals surface area contributed by atoms with Gasteiger partial charge in [-0.2, -0.15) is 5.26 Å². The fourth-order valence-electron chi connectivity index (χ4n) is 0.961. The minimum absolute atomic E-state index is 0.510. The van der Waals surface area contributed by atoms with Gasteiger partial charge < -0.3 is 11.1 Å². The summed E-state index contributed by atoms with van der Waals surface area (Å²) >= 11 is 5.51. The van der Waals surface area contributed by atoms with Crippen LogP contribution in [0.1, 0.15) is 5.56 Å². The zero-order valence-electron chi connectivity index (χ0n) is 7.05. The van der Waals surface area contributed by atoms with E-state index < -0.39 is 0 Å². The third kappa shape index (κ3) is 2.53. The number of nitrogen functional groups attached to an aromatic ring is 1. The number of benzene rings is 1. The van der Waals surface area contributed by atoms with Crippen LogP contribution in [0.3, 0.4) is 0 Å². The van der Waals surface area contributed by atoms with Crippen molar-refractivity contribution < 1.29 is 0 Å². The molecule has 0 heterocycles. The van der Waals surface area contributed by atoms with Crippen LogP contribution in [0.15, 0.2) is 18.2 Å². The summed E-state index contributed by atoms with van der Waals surface area (Å²) in [7, 11) is 0. The highest BCUT2D eigenvalue weighted by atomic mass is 35.5. The van der Waals surface area contributed by atoms with Crippen molar-refractivity contribution in [2.45, 2.75) is 0 Å². The number of nitrogens with two attached hydrogens (primary N) is 1. The van der Waals surface area contributed by atoms with Gasteiger partial charge >= 0.3 is 0 Å². The van der Waals surface area contributed by atoms with Crippen molar-refractivity contribution in [1.82, 2.24) is 0 Å². The van der Waals surface area contributed by atoms with Gasteiger partial charge in [0.05, 0.1) is 23.0 Å². The van der Waals surface area contributed by atoms with E-state index in [2.05, 4.69) is 5.32 Å². The zero-order chi connectivity index (χ0) is 9.68. The summed E-state index contributed by atoms with van der Waals surface area (Å²) in [5.41, 5.74) is 7.65. The van der Waals surface area contributed by atoms with E-state index >= 15 is 0 Å². The van der Waals surface area contributed by atoms with Gasteiger partial charge in [-0.25, -0.2) is 0 Å². The van der Waals surface area contributed by atoms with Crippen molar-refractivity contribution in [2.24, 2.45) is 0 Å². The van der Waals surface area contributed by atoms with Crippen LogP contribution in [0.2, 0.25) is 0 Å². The molecule has 0 saturated heterocycles. The molecule has 0 bridgehead atoms. The van der Waals surface area contributed by atoms with Gasteiger partial charge in [0.15, 0.2) is 0 Å². The van der Waals surface area contributed by atoms with Crippen molar-refractivity contribution in [1.29, 1.82) is 5.26 Å². The molecule has 0 saturated carbocycles.